The molecule has 1 aliphatic heterocycles. The van der Waals surface area contributed by atoms with E-state index >= 15 is 0 Å². The second-order valence-electron chi connectivity index (χ2n) is 10.0. The third kappa shape index (κ3) is 10.7. The summed E-state index contributed by atoms with van der Waals surface area (Å²) in [6.45, 7) is -0.253. The van der Waals surface area contributed by atoms with Crippen LogP contribution in [0, 0.1) is 0 Å². The van der Waals surface area contributed by atoms with E-state index in [0.29, 0.717) is 44.0 Å². The summed E-state index contributed by atoms with van der Waals surface area (Å²) in [4.78, 5) is 33.4. The summed E-state index contributed by atoms with van der Waals surface area (Å²) >= 11 is 0. The monoisotopic (exact) mass is 629 g/mol. The molecule has 0 spiro atoms. The number of phosphoric acid groups is 1. The number of aliphatic carboxylic acids is 1. The standard InChI is InChI=1S/C31H36NO11P/c32-26(31(34)35)20-41-44(36,37)43-28-14-7-17-38-29(28)21-40-30(33)16-15-23-9-4-5-13-27(23)39-19-22-8-6-12-25(18-22)42-24-10-2-1-3-11-24/h1-6,8-13,18,26,28-29H,7,14-17,19-21,32H2,(H,34,35)(H,36,37)/t26-,28-,29-/m0/s1. The van der Waals surface area contributed by atoms with E-state index in [1.807, 2.05) is 78.9 Å². The molecule has 4 N–H and O–H groups in total. The van der Waals surface area contributed by atoms with Gasteiger partial charge in [0.25, 0.3) is 0 Å². The number of benzene rings is 3. The van der Waals surface area contributed by atoms with Gasteiger partial charge in [-0.05, 0) is 60.7 Å². The molecule has 236 valence electrons. The lowest BCUT2D eigenvalue weighted by atomic mass is 10.1. The summed E-state index contributed by atoms with van der Waals surface area (Å²) in [6, 6.07) is 23.0. The van der Waals surface area contributed by atoms with E-state index < -0.39 is 44.6 Å². The van der Waals surface area contributed by atoms with Crippen LogP contribution in [0.15, 0.2) is 78.9 Å². The minimum atomic E-state index is -4.63. The Bertz CT molecular complexity index is 1420. The summed E-state index contributed by atoms with van der Waals surface area (Å²) in [5, 5.41) is 8.82. The molecule has 4 rings (SSSR count). The van der Waals surface area contributed by atoms with E-state index in [1.165, 1.54) is 0 Å². The van der Waals surface area contributed by atoms with Crippen molar-refractivity contribution in [2.24, 2.45) is 5.73 Å². The second-order valence-corrected chi connectivity index (χ2v) is 11.5. The highest BCUT2D eigenvalue weighted by Crippen LogP contribution is 2.46. The summed E-state index contributed by atoms with van der Waals surface area (Å²) in [6.07, 6.45) is -0.381. The zero-order valence-electron chi connectivity index (χ0n) is 24.0. The molecule has 0 amide bonds. The molecule has 0 bridgehead atoms. The van der Waals surface area contributed by atoms with E-state index in [2.05, 4.69) is 0 Å². The lowest BCUT2D eigenvalue weighted by Crippen LogP contribution is -2.40. The van der Waals surface area contributed by atoms with Crippen molar-refractivity contribution in [3.63, 3.8) is 0 Å². The number of para-hydroxylation sites is 2. The van der Waals surface area contributed by atoms with Crippen LogP contribution in [0.1, 0.15) is 30.4 Å². The SMILES string of the molecule is N[C@@H](COP(=O)(O)O[C@H]1CCCO[C@H]1COC(=O)CCc1ccccc1OCc1cccc(Oc2ccccc2)c1)C(=O)O. The van der Waals surface area contributed by atoms with Crippen molar-refractivity contribution in [2.75, 3.05) is 19.8 Å². The second kappa shape index (κ2) is 16.3. The molecule has 12 nitrogen and oxygen atoms in total. The first-order valence-electron chi connectivity index (χ1n) is 14.1. The topological polar surface area (TPSA) is 173 Å². The zero-order chi connectivity index (χ0) is 31.4. The molecule has 0 aliphatic carbocycles. The number of carbonyl (C=O) groups excluding carboxylic acids is 1. The molecule has 0 radical (unpaired) electrons. The van der Waals surface area contributed by atoms with Gasteiger partial charge in [-0.3, -0.25) is 18.6 Å². The highest BCUT2D eigenvalue weighted by atomic mass is 31.2. The molecule has 44 heavy (non-hydrogen) atoms. The molecule has 3 aromatic carbocycles. The molecular formula is C31H36NO11P. The normalized spacial score (nSPS) is 18.5. The molecule has 0 saturated carbocycles. The minimum Gasteiger partial charge on any atom is -0.489 e. The highest BCUT2D eigenvalue weighted by Gasteiger charge is 2.36. The summed E-state index contributed by atoms with van der Waals surface area (Å²) in [5.41, 5.74) is 7.05. The molecule has 1 unspecified atom stereocenters. The Balaban J connectivity index is 1.25. The molecule has 4 atom stereocenters. The average Bonchev–Trinajstić information content (AvgIpc) is 3.02. The predicted molar refractivity (Wildman–Crippen MR) is 158 cm³/mol. The van der Waals surface area contributed by atoms with Crippen molar-refractivity contribution in [2.45, 2.75) is 50.5 Å². The van der Waals surface area contributed by atoms with Gasteiger partial charge in [0.05, 0.1) is 12.7 Å². The Labute approximate surface area is 255 Å². The van der Waals surface area contributed by atoms with Crippen LogP contribution >= 0.6 is 7.82 Å². The number of rotatable bonds is 16. The number of phosphoric ester groups is 1. The van der Waals surface area contributed by atoms with Crippen molar-refractivity contribution in [3.8, 4) is 17.2 Å². The van der Waals surface area contributed by atoms with Gasteiger partial charge < -0.3 is 34.7 Å². The van der Waals surface area contributed by atoms with E-state index in [9.17, 15) is 19.0 Å². The third-order valence-electron chi connectivity index (χ3n) is 6.63. The van der Waals surface area contributed by atoms with Crippen LogP contribution in [0.25, 0.3) is 0 Å². The number of hydrogen-bond donors (Lipinski definition) is 3. The average molecular weight is 630 g/mol. The Morgan fingerprint density at radius 2 is 1.77 bits per heavy atom. The van der Waals surface area contributed by atoms with E-state index in [4.69, 9.17) is 38.8 Å². The van der Waals surface area contributed by atoms with Crippen molar-refractivity contribution in [3.05, 3.63) is 90.0 Å². The quantitative estimate of drug-likeness (QED) is 0.148. The number of esters is 1. The summed E-state index contributed by atoms with van der Waals surface area (Å²) in [7, 11) is -4.63. The first-order valence-corrected chi connectivity index (χ1v) is 15.6. The Morgan fingerprint density at radius 1 is 1.02 bits per heavy atom. The fourth-order valence-electron chi connectivity index (χ4n) is 4.36. The number of carboxylic acid groups (broad SMARTS) is 1. The maximum atomic E-state index is 12.6. The van der Waals surface area contributed by atoms with Gasteiger partial charge in [-0.15, -0.1) is 0 Å². The maximum Gasteiger partial charge on any atom is 0.472 e. The lowest BCUT2D eigenvalue weighted by Gasteiger charge is -2.32. The van der Waals surface area contributed by atoms with Crippen LogP contribution in [0.5, 0.6) is 17.2 Å². The lowest BCUT2D eigenvalue weighted by molar-refractivity contribution is -0.154. The van der Waals surface area contributed by atoms with Crippen LogP contribution < -0.4 is 15.2 Å². The first-order chi connectivity index (χ1) is 21.2. The fraction of sp³-hybridized carbons (Fsp3) is 0.355. The molecule has 1 fully saturated rings. The Morgan fingerprint density at radius 3 is 2.57 bits per heavy atom. The van der Waals surface area contributed by atoms with Crippen molar-refractivity contribution < 1.29 is 52.1 Å². The molecule has 13 heteroatoms. The summed E-state index contributed by atoms with van der Waals surface area (Å²) in [5.74, 6) is 0.194. The minimum absolute atomic E-state index is 0.0632. The van der Waals surface area contributed by atoms with Crippen LogP contribution in [-0.2, 0) is 45.7 Å². The van der Waals surface area contributed by atoms with E-state index in [-0.39, 0.29) is 13.0 Å². The van der Waals surface area contributed by atoms with Gasteiger partial charge in [0.15, 0.2) is 0 Å². The number of carboxylic acids is 1. The Hall–Kier alpha value is -3.77. The third-order valence-corrected chi connectivity index (χ3v) is 7.65. The molecule has 0 aromatic heterocycles. The van der Waals surface area contributed by atoms with Crippen molar-refractivity contribution >= 4 is 19.8 Å². The molecular weight excluding hydrogens is 593 g/mol. The van der Waals surface area contributed by atoms with Gasteiger partial charge in [-0.1, -0.05) is 48.5 Å². The number of nitrogens with two attached hydrogens (primary N) is 1. The van der Waals surface area contributed by atoms with Gasteiger partial charge in [0.2, 0.25) is 0 Å². The van der Waals surface area contributed by atoms with Crippen molar-refractivity contribution in [1.29, 1.82) is 0 Å². The van der Waals surface area contributed by atoms with E-state index in [1.54, 1.807) is 0 Å². The molecule has 1 heterocycles. The zero-order valence-corrected chi connectivity index (χ0v) is 24.9. The number of carbonyl (C=O) groups is 2. The molecule has 3 aromatic rings. The van der Waals surface area contributed by atoms with Crippen LogP contribution in [0.4, 0.5) is 0 Å². The summed E-state index contributed by atoms with van der Waals surface area (Å²) < 4.78 is 45.2. The Kier molecular flexibility index (Phi) is 12.3. The fourth-order valence-corrected chi connectivity index (χ4v) is 5.35. The first kappa shape index (κ1) is 33.1. The maximum absolute atomic E-state index is 12.6. The van der Waals surface area contributed by atoms with Crippen LogP contribution in [0.2, 0.25) is 0 Å². The van der Waals surface area contributed by atoms with Crippen LogP contribution in [0.3, 0.4) is 0 Å². The van der Waals surface area contributed by atoms with E-state index in [0.717, 1.165) is 16.9 Å². The molecule has 1 saturated heterocycles. The van der Waals surface area contributed by atoms with Gasteiger partial charge >= 0.3 is 19.8 Å². The predicted octanol–water partition coefficient (Wildman–Crippen LogP) is 4.63. The number of hydrogen-bond acceptors (Lipinski definition) is 10. The highest BCUT2D eigenvalue weighted by molar-refractivity contribution is 7.47. The number of aryl methyl sites for hydroxylation is 1. The largest absolute Gasteiger partial charge is 0.489 e. The number of ether oxygens (including phenoxy) is 4. The van der Waals surface area contributed by atoms with Gasteiger partial charge in [-0.25, -0.2) is 4.57 Å². The van der Waals surface area contributed by atoms with Gasteiger partial charge in [-0.2, -0.15) is 0 Å². The van der Waals surface area contributed by atoms with Crippen molar-refractivity contribution in [1.82, 2.24) is 0 Å². The smallest absolute Gasteiger partial charge is 0.472 e. The van der Waals surface area contributed by atoms with Gasteiger partial charge in [0.1, 0.15) is 42.6 Å². The molecule has 1 aliphatic rings. The van der Waals surface area contributed by atoms with Crippen LogP contribution in [-0.4, -0.2) is 60.0 Å². The van der Waals surface area contributed by atoms with Gasteiger partial charge in [0, 0.05) is 13.0 Å².